The van der Waals surface area contributed by atoms with E-state index in [0.29, 0.717) is 11.1 Å². The number of hydrogen-bond donors (Lipinski definition) is 2. The van der Waals surface area contributed by atoms with Gasteiger partial charge in [-0.1, -0.05) is 40.2 Å². The number of nitrogens with zero attached hydrogens (tertiary/aromatic N) is 2. The number of aryl methyl sites for hydroxylation is 2. The van der Waals surface area contributed by atoms with E-state index in [1.54, 1.807) is 0 Å². The van der Waals surface area contributed by atoms with Crippen LogP contribution in [0.5, 0.6) is 0 Å². The molecule has 0 spiro atoms. The Morgan fingerprint density at radius 1 is 1.27 bits per heavy atom. The van der Waals surface area contributed by atoms with Crippen molar-refractivity contribution in [3.05, 3.63) is 64.5 Å². The Labute approximate surface area is 198 Å². The first-order chi connectivity index (χ1) is 15.5. The molecule has 3 rings (SSSR count). The molecule has 1 heterocycles. The maximum atomic E-state index is 14.9. The molecule has 1 amide bonds. The quantitative estimate of drug-likeness (QED) is 0.258. The van der Waals surface area contributed by atoms with Crippen LogP contribution in [0, 0.1) is 5.82 Å². The Morgan fingerprint density at radius 3 is 2.52 bits per heavy atom. The molecule has 0 aliphatic rings. The largest absolute Gasteiger partial charge is 0.299 e. The van der Waals surface area contributed by atoms with Gasteiger partial charge in [-0.2, -0.15) is 0 Å². The Bertz CT molecular complexity index is 1360. The minimum absolute atomic E-state index is 0.0299. The highest BCUT2D eigenvalue weighted by molar-refractivity contribution is 9.09. The predicted molar refractivity (Wildman–Crippen MR) is 127 cm³/mol. The Kier molecular flexibility index (Phi) is 7.35. The van der Waals surface area contributed by atoms with E-state index in [1.165, 1.54) is 17.9 Å². The van der Waals surface area contributed by atoms with Crippen LogP contribution in [0.1, 0.15) is 18.9 Å². The van der Waals surface area contributed by atoms with Crippen molar-refractivity contribution in [1.82, 2.24) is 15.0 Å². The summed E-state index contributed by atoms with van der Waals surface area (Å²) in [5, 5.41) is 9.78. The molecular formula is C22H23BrFN3O5S. The fourth-order valence-corrected chi connectivity index (χ4v) is 4.74. The zero-order chi connectivity index (χ0) is 24.4. The third-order valence-corrected chi connectivity index (χ3v) is 8.21. The molecule has 0 saturated carbocycles. The normalized spacial score (nSPS) is 13.6. The smallest absolute Gasteiger partial charge is 0.264 e. The van der Waals surface area contributed by atoms with E-state index < -0.39 is 31.9 Å². The van der Waals surface area contributed by atoms with Gasteiger partial charge in [-0.25, -0.2) is 23.3 Å². The van der Waals surface area contributed by atoms with Gasteiger partial charge in [0.15, 0.2) is 14.6 Å². The van der Waals surface area contributed by atoms with Crippen molar-refractivity contribution >= 4 is 42.6 Å². The van der Waals surface area contributed by atoms with Gasteiger partial charge in [0, 0.05) is 23.7 Å². The minimum Gasteiger partial charge on any atom is -0.299 e. The molecule has 176 valence electrons. The summed E-state index contributed by atoms with van der Waals surface area (Å²) < 4.78 is 38.3. The average Bonchev–Trinajstić information content (AvgIpc) is 2.78. The Balaban J connectivity index is 1.96. The number of aromatic nitrogens is 2. The van der Waals surface area contributed by atoms with Crippen LogP contribution in [0.25, 0.3) is 22.0 Å². The van der Waals surface area contributed by atoms with Gasteiger partial charge in [-0.05, 0) is 43.0 Å². The number of carbonyl (C=O) groups excluding carboxylic acids is 1. The van der Waals surface area contributed by atoms with Crippen LogP contribution in [0.15, 0.2) is 47.5 Å². The number of carbonyl (C=O) groups is 1. The molecule has 0 fully saturated rings. The van der Waals surface area contributed by atoms with Gasteiger partial charge >= 0.3 is 0 Å². The van der Waals surface area contributed by atoms with Gasteiger partial charge in [0.05, 0.1) is 17.2 Å². The lowest BCUT2D eigenvalue weighted by Crippen LogP contribution is -2.50. The maximum absolute atomic E-state index is 14.9. The van der Waals surface area contributed by atoms with Crippen molar-refractivity contribution in [2.24, 2.45) is 0 Å². The highest BCUT2D eigenvalue weighted by Gasteiger charge is 2.43. The van der Waals surface area contributed by atoms with Gasteiger partial charge in [-0.15, -0.1) is 0 Å². The molecule has 1 aromatic heterocycles. The van der Waals surface area contributed by atoms with Gasteiger partial charge in [0.25, 0.3) is 11.5 Å². The first-order valence-electron chi connectivity index (χ1n) is 10.00. The van der Waals surface area contributed by atoms with Crippen LogP contribution in [-0.2, 0) is 27.6 Å². The lowest BCUT2D eigenvalue weighted by atomic mass is 10.0. The Morgan fingerprint density at radius 2 is 1.94 bits per heavy atom. The number of fused-ring (bicyclic) bond motifs is 1. The van der Waals surface area contributed by atoms with E-state index >= 15 is 0 Å². The standard InChI is InChI=1S/C22H23BrFN3O5S/c1-22(21(29)26-30,33(2,31)32)8-10-27-13-25-19-12-16(18(24)11-17(19)20(27)28)15-5-3-14(4-6-15)7-9-23/h3-6,11-13,30H,7-10H2,1-2H3,(H,26,29). The zero-order valence-electron chi connectivity index (χ0n) is 18.0. The van der Waals surface area contributed by atoms with Gasteiger partial charge in [-0.3, -0.25) is 19.4 Å². The number of hydroxylamine groups is 1. The maximum Gasteiger partial charge on any atom is 0.264 e. The number of rotatable bonds is 8. The molecule has 1 atom stereocenters. The molecule has 33 heavy (non-hydrogen) atoms. The second-order valence-electron chi connectivity index (χ2n) is 7.92. The SMILES string of the molecule is CC(CCn1cnc2cc(-c3ccc(CCBr)cc3)c(F)cc2c1=O)(C(=O)NO)S(C)(=O)=O. The fourth-order valence-electron chi connectivity index (χ4n) is 3.44. The fraction of sp³-hybridized carbons (Fsp3) is 0.318. The van der Waals surface area contributed by atoms with Crippen LogP contribution < -0.4 is 11.0 Å². The summed E-state index contributed by atoms with van der Waals surface area (Å²) in [5.74, 6) is -1.70. The number of benzene rings is 2. The molecule has 8 nitrogen and oxygen atoms in total. The number of halogens is 2. The lowest BCUT2D eigenvalue weighted by Gasteiger charge is -2.25. The number of alkyl halides is 1. The van der Waals surface area contributed by atoms with Crippen LogP contribution >= 0.6 is 15.9 Å². The van der Waals surface area contributed by atoms with Crippen LogP contribution in [0.2, 0.25) is 0 Å². The highest BCUT2D eigenvalue weighted by Crippen LogP contribution is 2.27. The second kappa shape index (κ2) is 9.70. The monoisotopic (exact) mass is 539 g/mol. The van der Waals surface area contributed by atoms with E-state index in [1.807, 2.05) is 24.3 Å². The average molecular weight is 540 g/mol. The summed E-state index contributed by atoms with van der Waals surface area (Å²) in [6.07, 6.45) is 2.64. The van der Waals surface area contributed by atoms with E-state index in [9.17, 15) is 22.4 Å². The van der Waals surface area contributed by atoms with Crippen molar-refractivity contribution in [1.29, 1.82) is 0 Å². The summed E-state index contributed by atoms with van der Waals surface area (Å²) in [6, 6.07) is 10.0. The van der Waals surface area contributed by atoms with Gasteiger partial charge in [0.1, 0.15) is 5.82 Å². The molecule has 11 heteroatoms. The summed E-state index contributed by atoms with van der Waals surface area (Å²) in [6.45, 7) is 0.972. The van der Waals surface area contributed by atoms with Crippen molar-refractivity contribution in [3.8, 4) is 11.1 Å². The van der Waals surface area contributed by atoms with Crippen LogP contribution in [0.3, 0.4) is 0 Å². The summed E-state index contributed by atoms with van der Waals surface area (Å²) in [5.41, 5.74) is 3.14. The summed E-state index contributed by atoms with van der Waals surface area (Å²) in [4.78, 5) is 29.1. The molecule has 0 aliphatic heterocycles. The number of sulfone groups is 1. The van der Waals surface area contributed by atoms with Crippen molar-refractivity contribution in [2.75, 3.05) is 11.6 Å². The molecule has 0 bridgehead atoms. The van der Waals surface area contributed by atoms with E-state index in [0.717, 1.165) is 41.1 Å². The van der Waals surface area contributed by atoms with Crippen molar-refractivity contribution in [2.45, 2.75) is 31.1 Å². The van der Waals surface area contributed by atoms with Gasteiger partial charge in [0.2, 0.25) is 0 Å². The van der Waals surface area contributed by atoms with E-state index in [2.05, 4.69) is 20.9 Å². The first kappa shape index (κ1) is 25.0. The summed E-state index contributed by atoms with van der Waals surface area (Å²) in [7, 11) is -3.92. The summed E-state index contributed by atoms with van der Waals surface area (Å²) >= 11 is 3.38. The van der Waals surface area contributed by atoms with Gasteiger partial charge < -0.3 is 0 Å². The number of hydrogen-bond acceptors (Lipinski definition) is 6. The molecule has 3 aromatic rings. The predicted octanol–water partition coefficient (Wildman–Crippen LogP) is 2.84. The molecule has 0 saturated heterocycles. The number of amides is 1. The van der Waals surface area contributed by atoms with Crippen LogP contribution in [0.4, 0.5) is 4.39 Å². The van der Waals surface area contributed by atoms with E-state index in [-0.39, 0.29) is 23.9 Å². The van der Waals surface area contributed by atoms with Crippen LogP contribution in [-0.4, -0.2) is 45.4 Å². The molecular weight excluding hydrogens is 517 g/mol. The molecule has 2 N–H and O–H groups in total. The lowest BCUT2D eigenvalue weighted by molar-refractivity contribution is -0.131. The second-order valence-corrected chi connectivity index (χ2v) is 11.2. The van der Waals surface area contributed by atoms with E-state index in [4.69, 9.17) is 5.21 Å². The number of nitrogens with one attached hydrogen (secondary N) is 1. The minimum atomic E-state index is -3.92. The molecule has 0 radical (unpaired) electrons. The first-order valence-corrected chi connectivity index (χ1v) is 13.0. The molecule has 2 aromatic carbocycles. The third-order valence-electron chi connectivity index (χ3n) is 5.79. The van der Waals surface area contributed by atoms with Crippen molar-refractivity contribution < 1.29 is 22.8 Å². The topological polar surface area (TPSA) is 118 Å². The zero-order valence-corrected chi connectivity index (χ0v) is 20.4. The Hall–Kier alpha value is -2.63. The molecule has 0 aliphatic carbocycles. The third kappa shape index (κ3) is 4.99. The highest BCUT2D eigenvalue weighted by atomic mass is 79.9. The molecule has 1 unspecified atom stereocenters. The van der Waals surface area contributed by atoms with Crippen molar-refractivity contribution in [3.63, 3.8) is 0 Å².